The fraction of sp³-hybridized carbons (Fsp3) is 0.615. The lowest BCUT2D eigenvalue weighted by atomic mass is 10.0. The molecule has 7 heteroatoms. The van der Waals surface area contributed by atoms with Crippen LogP contribution in [0.3, 0.4) is 0 Å². The van der Waals surface area contributed by atoms with E-state index in [4.69, 9.17) is 11.6 Å². The van der Waals surface area contributed by atoms with Crippen LogP contribution in [-0.4, -0.2) is 37.3 Å². The molecular weight excluding hydrogens is 318 g/mol. The molecule has 1 fully saturated rings. The Bertz CT molecular complexity index is 582. The average molecular weight is 336 g/mol. The van der Waals surface area contributed by atoms with E-state index >= 15 is 0 Å². The number of hydrogen-bond acceptors (Lipinski definition) is 4. The van der Waals surface area contributed by atoms with Gasteiger partial charge in [0.15, 0.2) is 9.84 Å². The van der Waals surface area contributed by atoms with E-state index in [-0.39, 0.29) is 23.3 Å². The van der Waals surface area contributed by atoms with Crippen molar-refractivity contribution in [1.29, 1.82) is 0 Å². The van der Waals surface area contributed by atoms with Gasteiger partial charge in [-0.2, -0.15) is 0 Å². The van der Waals surface area contributed by atoms with Gasteiger partial charge in [0.2, 0.25) is 5.91 Å². The van der Waals surface area contributed by atoms with E-state index in [0.29, 0.717) is 30.3 Å². The van der Waals surface area contributed by atoms with Crippen LogP contribution in [0.4, 0.5) is 0 Å². The zero-order chi connectivity index (χ0) is 14.8. The molecule has 1 amide bonds. The molecule has 0 saturated carbocycles. The Morgan fingerprint density at radius 3 is 2.75 bits per heavy atom. The fourth-order valence-electron chi connectivity index (χ4n) is 2.41. The maximum absolute atomic E-state index is 12.3. The van der Waals surface area contributed by atoms with Gasteiger partial charge in [-0.1, -0.05) is 11.6 Å². The highest BCUT2D eigenvalue weighted by molar-refractivity contribution is 7.91. The highest BCUT2D eigenvalue weighted by Gasteiger charge is 2.30. The maximum atomic E-state index is 12.3. The Morgan fingerprint density at radius 2 is 2.25 bits per heavy atom. The maximum Gasteiger partial charge on any atom is 0.223 e. The van der Waals surface area contributed by atoms with E-state index in [1.54, 1.807) is 4.90 Å². The van der Waals surface area contributed by atoms with Crippen molar-refractivity contribution in [3.8, 4) is 0 Å². The van der Waals surface area contributed by atoms with Crippen LogP contribution in [0, 0.1) is 5.92 Å². The molecule has 20 heavy (non-hydrogen) atoms. The van der Waals surface area contributed by atoms with Crippen molar-refractivity contribution in [3.63, 3.8) is 0 Å². The van der Waals surface area contributed by atoms with E-state index in [0.717, 1.165) is 4.88 Å². The number of thiophene rings is 1. The molecule has 2 heterocycles. The van der Waals surface area contributed by atoms with Crippen LogP contribution in [0.25, 0.3) is 0 Å². The molecule has 112 valence electrons. The third-order valence-electron chi connectivity index (χ3n) is 3.50. The van der Waals surface area contributed by atoms with Crippen LogP contribution in [0.1, 0.15) is 24.6 Å². The Hall–Kier alpha value is -0.590. The standard InChI is InChI=1S/C13H18ClNO3S2/c1-2-15(8-11-3-4-12(14)19-11)13(16)7-10-5-6-20(17,18)9-10/h3-4,10H,2,5-9H2,1H3. The van der Waals surface area contributed by atoms with Gasteiger partial charge in [-0.15, -0.1) is 11.3 Å². The molecule has 0 N–H and O–H groups in total. The number of amides is 1. The molecule has 1 aliphatic rings. The highest BCUT2D eigenvalue weighted by Crippen LogP contribution is 2.25. The van der Waals surface area contributed by atoms with Gasteiger partial charge in [0.05, 0.1) is 22.4 Å². The van der Waals surface area contributed by atoms with Crippen LogP contribution >= 0.6 is 22.9 Å². The van der Waals surface area contributed by atoms with Crippen molar-refractivity contribution >= 4 is 38.7 Å². The van der Waals surface area contributed by atoms with Crippen molar-refractivity contribution < 1.29 is 13.2 Å². The summed E-state index contributed by atoms with van der Waals surface area (Å²) in [5.41, 5.74) is 0. The van der Waals surface area contributed by atoms with E-state index in [1.807, 2.05) is 19.1 Å². The van der Waals surface area contributed by atoms with Crippen LogP contribution < -0.4 is 0 Å². The molecular formula is C13H18ClNO3S2. The van der Waals surface area contributed by atoms with Gasteiger partial charge in [0.25, 0.3) is 0 Å². The zero-order valence-electron chi connectivity index (χ0n) is 11.3. The highest BCUT2D eigenvalue weighted by atomic mass is 35.5. The summed E-state index contributed by atoms with van der Waals surface area (Å²) in [6.07, 6.45) is 0.933. The molecule has 1 aromatic rings. The normalized spacial score (nSPS) is 21.0. The number of carbonyl (C=O) groups is 1. The fourth-order valence-corrected chi connectivity index (χ4v) is 5.38. The second kappa shape index (κ2) is 6.45. The quantitative estimate of drug-likeness (QED) is 0.831. The predicted octanol–water partition coefficient (Wildman–Crippen LogP) is 2.57. The number of halogens is 1. The average Bonchev–Trinajstić information content (AvgIpc) is 2.92. The Labute approximate surface area is 128 Å². The van der Waals surface area contributed by atoms with Gasteiger partial charge in [0.1, 0.15) is 0 Å². The lowest BCUT2D eigenvalue weighted by Crippen LogP contribution is -2.31. The van der Waals surface area contributed by atoms with Gasteiger partial charge in [0, 0.05) is 17.8 Å². The first kappa shape index (κ1) is 15.8. The first-order valence-corrected chi connectivity index (χ1v) is 9.63. The second-order valence-electron chi connectivity index (χ2n) is 5.09. The van der Waals surface area contributed by atoms with Crippen molar-refractivity contribution in [2.75, 3.05) is 18.1 Å². The molecule has 0 spiro atoms. The molecule has 0 radical (unpaired) electrons. The van der Waals surface area contributed by atoms with Crippen molar-refractivity contribution in [3.05, 3.63) is 21.3 Å². The molecule has 1 aliphatic heterocycles. The van der Waals surface area contributed by atoms with Gasteiger partial charge in [-0.3, -0.25) is 4.79 Å². The minimum atomic E-state index is -2.92. The van der Waals surface area contributed by atoms with Gasteiger partial charge < -0.3 is 4.90 Å². The van der Waals surface area contributed by atoms with Crippen molar-refractivity contribution in [2.24, 2.45) is 5.92 Å². The molecule has 1 aromatic heterocycles. The molecule has 0 bridgehead atoms. The number of rotatable bonds is 5. The van der Waals surface area contributed by atoms with Crippen molar-refractivity contribution in [2.45, 2.75) is 26.3 Å². The number of nitrogens with zero attached hydrogens (tertiary/aromatic N) is 1. The first-order chi connectivity index (χ1) is 9.39. The van der Waals surface area contributed by atoms with Crippen LogP contribution in [0.2, 0.25) is 4.34 Å². The SMILES string of the molecule is CCN(Cc1ccc(Cl)s1)C(=O)CC1CCS(=O)(=O)C1. The summed E-state index contributed by atoms with van der Waals surface area (Å²) < 4.78 is 23.5. The van der Waals surface area contributed by atoms with E-state index in [9.17, 15) is 13.2 Å². The molecule has 1 unspecified atom stereocenters. The van der Waals surface area contributed by atoms with E-state index < -0.39 is 9.84 Å². The summed E-state index contributed by atoms with van der Waals surface area (Å²) in [7, 11) is -2.92. The number of hydrogen-bond donors (Lipinski definition) is 0. The van der Waals surface area contributed by atoms with Gasteiger partial charge in [-0.25, -0.2) is 8.42 Å². The minimum absolute atomic E-state index is 0.0199. The third-order valence-corrected chi connectivity index (χ3v) is 6.55. The predicted molar refractivity (Wildman–Crippen MR) is 81.8 cm³/mol. The summed E-state index contributed by atoms with van der Waals surface area (Å²) in [6.45, 7) is 3.10. The molecule has 1 atom stereocenters. The van der Waals surface area contributed by atoms with Gasteiger partial charge in [-0.05, 0) is 31.4 Å². The van der Waals surface area contributed by atoms with Crippen LogP contribution in [0.15, 0.2) is 12.1 Å². The molecule has 4 nitrogen and oxygen atoms in total. The molecule has 0 aliphatic carbocycles. The largest absolute Gasteiger partial charge is 0.338 e. The monoisotopic (exact) mass is 335 g/mol. The Balaban J connectivity index is 1.92. The number of carbonyl (C=O) groups excluding carboxylic acids is 1. The minimum Gasteiger partial charge on any atom is -0.338 e. The Morgan fingerprint density at radius 1 is 1.50 bits per heavy atom. The van der Waals surface area contributed by atoms with Crippen LogP contribution in [-0.2, 0) is 21.2 Å². The summed E-state index contributed by atoms with van der Waals surface area (Å²) in [5, 5.41) is 0. The Kier molecular flexibility index (Phi) is 5.09. The molecule has 2 rings (SSSR count). The first-order valence-electron chi connectivity index (χ1n) is 6.62. The summed E-state index contributed by atoms with van der Waals surface area (Å²) in [6, 6.07) is 3.74. The van der Waals surface area contributed by atoms with E-state index in [2.05, 4.69) is 0 Å². The second-order valence-corrected chi connectivity index (χ2v) is 9.12. The number of sulfone groups is 1. The topological polar surface area (TPSA) is 54.5 Å². The van der Waals surface area contributed by atoms with Crippen molar-refractivity contribution in [1.82, 2.24) is 4.90 Å². The van der Waals surface area contributed by atoms with E-state index in [1.165, 1.54) is 11.3 Å². The molecule has 0 aromatic carbocycles. The molecule has 1 saturated heterocycles. The van der Waals surface area contributed by atoms with Crippen LogP contribution in [0.5, 0.6) is 0 Å². The lowest BCUT2D eigenvalue weighted by molar-refractivity contribution is -0.132. The third kappa shape index (κ3) is 4.20. The van der Waals surface area contributed by atoms with Gasteiger partial charge >= 0.3 is 0 Å². The summed E-state index contributed by atoms with van der Waals surface area (Å²) in [4.78, 5) is 15.1. The lowest BCUT2D eigenvalue weighted by Gasteiger charge is -2.21. The summed E-state index contributed by atoms with van der Waals surface area (Å²) >= 11 is 7.35. The zero-order valence-corrected chi connectivity index (χ0v) is 13.7. The smallest absolute Gasteiger partial charge is 0.223 e. The summed E-state index contributed by atoms with van der Waals surface area (Å²) in [5.74, 6) is 0.381.